The van der Waals surface area contributed by atoms with E-state index in [1.165, 1.54) is 0 Å². The molecule has 0 N–H and O–H groups in total. The lowest BCUT2D eigenvalue weighted by Crippen LogP contribution is -2.47. The van der Waals surface area contributed by atoms with E-state index in [9.17, 15) is 14.4 Å². The fourth-order valence-electron chi connectivity index (χ4n) is 4.90. The maximum Gasteiger partial charge on any atom is 0.310 e. The number of benzene rings is 1. The molecule has 1 aromatic rings. The first kappa shape index (κ1) is 25.8. The predicted octanol–water partition coefficient (Wildman–Crippen LogP) is 3.58. The van der Waals surface area contributed by atoms with Gasteiger partial charge in [0.1, 0.15) is 0 Å². The third-order valence-corrected chi connectivity index (χ3v) is 6.81. The Bertz CT molecular complexity index is 838. The van der Waals surface area contributed by atoms with Crippen molar-refractivity contribution in [3.8, 4) is 17.2 Å². The lowest BCUT2D eigenvalue weighted by atomic mass is 9.85. The summed E-state index contributed by atoms with van der Waals surface area (Å²) in [5.74, 6) is 0.186. The number of carbonyl (C=O) groups excluding carboxylic acids is 3. The van der Waals surface area contributed by atoms with Crippen molar-refractivity contribution in [3.63, 3.8) is 0 Å². The number of hydrogen-bond donors (Lipinski definition) is 0. The molecule has 1 saturated heterocycles. The Hall–Kier alpha value is -2.77. The molecule has 188 valence electrons. The second-order valence-electron chi connectivity index (χ2n) is 9.09. The topological polar surface area (TPSA) is 91.4 Å². The second kappa shape index (κ2) is 12.6. The van der Waals surface area contributed by atoms with Gasteiger partial charge in [-0.3, -0.25) is 14.4 Å². The number of amides is 1. The summed E-state index contributed by atoms with van der Waals surface area (Å²) in [6.45, 7) is 1.08. The van der Waals surface area contributed by atoms with E-state index in [4.69, 9.17) is 18.9 Å². The van der Waals surface area contributed by atoms with Gasteiger partial charge < -0.3 is 23.8 Å². The molecule has 0 aromatic heterocycles. The SMILES string of the molecule is COc1cc(CCCOC(=O)C2CCCN(C(=O)C(=O)C3CCCCC3)C2)cc(OC)c1OC. The number of likely N-dealkylation sites (tertiary alicyclic amines) is 1. The molecule has 1 unspecified atom stereocenters. The summed E-state index contributed by atoms with van der Waals surface area (Å²) >= 11 is 0. The van der Waals surface area contributed by atoms with E-state index in [2.05, 4.69) is 0 Å². The van der Waals surface area contributed by atoms with Crippen molar-refractivity contribution >= 4 is 17.7 Å². The largest absolute Gasteiger partial charge is 0.493 e. The molecule has 8 nitrogen and oxygen atoms in total. The van der Waals surface area contributed by atoms with Gasteiger partial charge in [-0.25, -0.2) is 0 Å². The highest BCUT2D eigenvalue weighted by molar-refractivity contribution is 6.36. The van der Waals surface area contributed by atoms with E-state index in [-0.39, 0.29) is 36.7 Å². The van der Waals surface area contributed by atoms with Gasteiger partial charge in [0.2, 0.25) is 11.5 Å². The Balaban J connectivity index is 1.46. The Labute approximate surface area is 201 Å². The van der Waals surface area contributed by atoms with Gasteiger partial charge in [-0.15, -0.1) is 0 Å². The van der Waals surface area contributed by atoms with Crippen LogP contribution < -0.4 is 14.2 Å². The molecule has 0 spiro atoms. The first-order valence-electron chi connectivity index (χ1n) is 12.3. The molecular formula is C26H37NO7. The number of hydrogen-bond acceptors (Lipinski definition) is 7. The van der Waals surface area contributed by atoms with Crippen molar-refractivity contribution in [2.45, 2.75) is 57.8 Å². The van der Waals surface area contributed by atoms with Crippen molar-refractivity contribution in [2.75, 3.05) is 41.0 Å². The number of esters is 1. The minimum atomic E-state index is -0.424. The summed E-state index contributed by atoms with van der Waals surface area (Å²) < 4.78 is 21.6. The molecule has 1 aromatic carbocycles. The monoisotopic (exact) mass is 475 g/mol. The molecule has 1 heterocycles. The molecule has 1 aliphatic heterocycles. The summed E-state index contributed by atoms with van der Waals surface area (Å²) in [5, 5.41) is 0. The number of rotatable bonds is 10. The average molecular weight is 476 g/mol. The molecule has 8 heteroatoms. The van der Waals surface area contributed by atoms with E-state index in [0.717, 1.165) is 37.7 Å². The highest BCUT2D eigenvalue weighted by Gasteiger charge is 2.35. The van der Waals surface area contributed by atoms with E-state index in [1.54, 1.807) is 26.2 Å². The molecule has 2 aliphatic rings. The van der Waals surface area contributed by atoms with Gasteiger partial charge in [-0.2, -0.15) is 0 Å². The van der Waals surface area contributed by atoms with Gasteiger partial charge >= 0.3 is 5.97 Å². The Morgan fingerprint density at radius 2 is 1.53 bits per heavy atom. The number of Topliss-reactive ketones (excluding diaryl/α,β-unsaturated/α-hetero) is 1. The van der Waals surface area contributed by atoms with Crippen molar-refractivity contribution in [1.29, 1.82) is 0 Å². The van der Waals surface area contributed by atoms with Crippen LogP contribution in [0.5, 0.6) is 17.2 Å². The summed E-state index contributed by atoms with van der Waals surface area (Å²) in [6, 6.07) is 3.77. The minimum Gasteiger partial charge on any atom is -0.493 e. The molecule has 0 radical (unpaired) electrons. The molecule has 1 saturated carbocycles. The van der Waals surface area contributed by atoms with Crippen LogP contribution in [-0.2, 0) is 25.5 Å². The molecule has 2 fully saturated rings. The molecule has 0 bridgehead atoms. The Kier molecular flexibility index (Phi) is 9.60. The molecule has 1 amide bonds. The zero-order chi connectivity index (χ0) is 24.5. The van der Waals surface area contributed by atoms with Gasteiger partial charge in [-0.1, -0.05) is 19.3 Å². The van der Waals surface area contributed by atoms with Crippen LogP contribution in [0.15, 0.2) is 12.1 Å². The van der Waals surface area contributed by atoms with Crippen molar-refractivity contribution in [2.24, 2.45) is 11.8 Å². The van der Waals surface area contributed by atoms with E-state index < -0.39 is 5.91 Å². The third kappa shape index (κ3) is 6.42. The lowest BCUT2D eigenvalue weighted by Gasteiger charge is -2.32. The lowest BCUT2D eigenvalue weighted by molar-refractivity contribution is -0.154. The second-order valence-corrected chi connectivity index (χ2v) is 9.09. The smallest absolute Gasteiger partial charge is 0.310 e. The average Bonchev–Trinajstić information content (AvgIpc) is 2.89. The number of aryl methyl sites for hydroxylation is 1. The molecule has 3 rings (SSSR count). The van der Waals surface area contributed by atoms with E-state index >= 15 is 0 Å². The summed E-state index contributed by atoms with van der Waals surface area (Å²) in [7, 11) is 4.71. The predicted molar refractivity (Wildman–Crippen MR) is 126 cm³/mol. The zero-order valence-corrected chi connectivity index (χ0v) is 20.6. The number of ether oxygens (including phenoxy) is 4. The first-order chi connectivity index (χ1) is 16.5. The standard InChI is InChI=1S/C26H37NO7/c1-31-21-15-18(16-22(32-2)24(21)33-3)9-8-14-34-26(30)20-12-7-13-27(17-20)25(29)23(28)19-10-5-4-6-11-19/h15-16,19-20H,4-14,17H2,1-3H3. The quantitative estimate of drug-likeness (QED) is 0.290. The maximum absolute atomic E-state index is 12.7. The van der Waals surface area contributed by atoms with Crippen LogP contribution in [0.2, 0.25) is 0 Å². The highest BCUT2D eigenvalue weighted by Crippen LogP contribution is 2.38. The van der Waals surface area contributed by atoms with Crippen LogP contribution in [0.3, 0.4) is 0 Å². The minimum absolute atomic E-state index is 0.149. The van der Waals surface area contributed by atoms with Gasteiger partial charge in [0.25, 0.3) is 5.91 Å². The first-order valence-corrected chi connectivity index (χ1v) is 12.3. The Morgan fingerprint density at radius 1 is 0.882 bits per heavy atom. The normalized spacial score (nSPS) is 18.8. The number of ketones is 1. The number of methoxy groups -OCH3 is 3. The molecular weight excluding hydrogens is 438 g/mol. The third-order valence-electron chi connectivity index (χ3n) is 6.81. The molecule has 1 atom stereocenters. The van der Waals surface area contributed by atoms with Crippen molar-refractivity contribution < 1.29 is 33.3 Å². The van der Waals surface area contributed by atoms with Gasteiger partial charge in [-0.05, 0) is 56.2 Å². The zero-order valence-electron chi connectivity index (χ0n) is 20.6. The van der Waals surface area contributed by atoms with E-state index in [1.807, 2.05) is 12.1 Å². The molecule has 34 heavy (non-hydrogen) atoms. The number of carbonyl (C=O) groups is 3. The van der Waals surface area contributed by atoms with Crippen LogP contribution in [0.4, 0.5) is 0 Å². The fraction of sp³-hybridized carbons (Fsp3) is 0.654. The van der Waals surface area contributed by atoms with Crippen LogP contribution in [0, 0.1) is 11.8 Å². The van der Waals surface area contributed by atoms with Crippen LogP contribution in [-0.4, -0.2) is 63.6 Å². The van der Waals surface area contributed by atoms with Crippen molar-refractivity contribution in [1.82, 2.24) is 4.90 Å². The highest BCUT2D eigenvalue weighted by atomic mass is 16.5. The van der Waals surface area contributed by atoms with Crippen LogP contribution in [0.1, 0.15) is 56.9 Å². The van der Waals surface area contributed by atoms with Gasteiger partial charge in [0.15, 0.2) is 11.5 Å². The van der Waals surface area contributed by atoms with Gasteiger partial charge in [0.05, 0.1) is 33.9 Å². The van der Waals surface area contributed by atoms with E-state index in [0.29, 0.717) is 49.5 Å². The fourth-order valence-corrected chi connectivity index (χ4v) is 4.90. The Morgan fingerprint density at radius 3 is 2.15 bits per heavy atom. The van der Waals surface area contributed by atoms with Gasteiger partial charge in [0, 0.05) is 19.0 Å². The number of nitrogens with zero attached hydrogens (tertiary/aromatic N) is 1. The summed E-state index contributed by atoms with van der Waals surface area (Å²) in [4.78, 5) is 39.5. The molecule has 1 aliphatic carbocycles. The van der Waals surface area contributed by atoms with Crippen LogP contribution in [0.25, 0.3) is 0 Å². The summed E-state index contributed by atoms with van der Waals surface area (Å²) in [5.41, 5.74) is 0.987. The number of piperidine rings is 1. The maximum atomic E-state index is 12.7. The van der Waals surface area contributed by atoms with Crippen molar-refractivity contribution in [3.05, 3.63) is 17.7 Å². The van der Waals surface area contributed by atoms with Crippen LogP contribution >= 0.6 is 0 Å². The summed E-state index contributed by atoms with van der Waals surface area (Å²) in [6.07, 6.45) is 7.45.